The van der Waals surface area contributed by atoms with Gasteiger partial charge in [-0.1, -0.05) is 0 Å². The van der Waals surface area contributed by atoms with E-state index in [0.29, 0.717) is 6.04 Å². The van der Waals surface area contributed by atoms with Gasteiger partial charge in [-0.3, -0.25) is 0 Å². The molecular formula is C12H27N3O4S2. The van der Waals surface area contributed by atoms with Crippen molar-refractivity contribution in [2.24, 2.45) is 0 Å². The molecule has 0 radical (unpaired) electrons. The zero-order valence-electron chi connectivity index (χ0n) is 13.2. The van der Waals surface area contributed by atoms with Crippen LogP contribution in [0.15, 0.2) is 0 Å². The van der Waals surface area contributed by atoms with E-state index in [0.717, 1.165) is 23.6 Å². The highest BCUT2D eigenvalue weighted by Gasteiger charge is 2.29. The molecule has 0 aromatic carbocycles. The van der Waals surface area contributed by atoms with Crippen LogP contribution in [0.25, 0.3) is 0 Å². The van der Waals surface area contributed by atoms with E-state index in [1.165, 1.54) is 14.1 Å². The molecule has 1 aliphatic rings. The molecule has 0 heterocycles. The van der Waals surface area contributed by atoms with Gasteiger partial charge in [0.05, 0.1) is 11.5 Å². The van der Waals surface area contributed by atoms with Gasteiger partial charge in [-0.15, -0.1) is 0 Å². The smallest absolute Gasteiger partial charge is 0.213 e. The summed E-state index contributed by atoms with van der Waals surface area (Å²) in [5.41, 5.74) is 0. The summed E-state index contributed by atoms with van der Waals surface area (Å²) in [5.74, 6) is -0.297. The highest BCUT2D eigenvalue weighted by atomic mass is 32.2. The van der Waals surface area contributed by atoms with Gasteiger partial charge in [-0.05, 0) is 39.8 Å². The van der Waals surface area contributed by atoms with Crippen LogP contribution in [-0.4, -0.2) is 77.8 Å². The fourth-order valence-corrected chi connectivity index (χ4v) is 4.88. The molecule has 1 saturated carbocycles. The van der Waals surface area contributed by atoms with Crippen molar-refractivity contribution < 1.29 is 16.8 Å². The molecule has 0 aliphatic heterocycles. The van der Waals surface area contributed by atoms with E-state index < -0.39 is 20.0 Å². The SMILES string of the molecule is CN(C)[C@@H]1CC[C@H](NS(=O)(=O)CCCS(=O)(=O)N(C)C)C1. The zero-order valence-corrected chi connectivity index (χ0v) is 14.9. The van der Waals surface area contributed by atoms with Crippen LogP contribution >= 0.6 is 0 Å². The second kappa shape index (κ2) is 7.36. The topological polar surface area (TPSA) is 86.8 Å². The summed E-state index contributed by atoms with van der Waals surface area (Å²) in [4.78, 5) is 2.11. The fourth-order valence-electron chi connectivity index (χ4n) is 2.46. The lowest BCUT2D eigenvalue weighted by atomic mass is 10.2. The van der Waals surface area contributed by atoms with E-state index in [-0.39, 0.29) is 24.0 Å². The third-order valence-electron chi connectivity index (χ3n) is 3.85. The van der Waals surface area contributed by atoms with Crippen molar-refractivity contribution in [2.75, 3.05) is 39.7 Å². The summed E-state index contributed by atoms with van der Waals surface area (Å²) in [6.45, 7) is 0. The number of hydrogen-bond acceptors (Lipinski definition) is 5. The molecule has 126 valence electrons. The second-order valence-corrected chi connectivity index (χ2v) is 10.2. The van der Waals surface area contributed by atoms with Crippen molar-refractivity contribution in [3.63, 3.8) is 0 Å². The van der Waals surface area contributed by atoms with Crippen LogP contribution in [0, 0.1) is 0 Å². The molecule has 1 aliphatic carbocycles. The molecule has 1 fully saturated rings. The van der Waals surface area contributed by atoms with E-state index in [1.54, 1.807) is 0 Å². The number of rotatable bonds is 8. The predicted octanol–water partition coefficient (Wildman–Crippen LogP) is -0.330. The van der Waals surface area contributed by atoms with Crippen LogP contribution in [0.2, 0.25) is 0 Å². The number of nitrogens with one attached hydrogen (secondary N) is 1. The van der Waals surface area contributed by atoms with Gasteiger partial charge in [0.15, 0.2) is 0 Å². The Kier molecular flexibility index (Phi) is 6.60. The summed E-state index contributed by atoms with van der Waals surface area (Å²) in [7, 11) is 0.133. The lowest BCUT2D eigenvalue weighted by molar-refractivity contribution is 0.295. The van der Waals surface area contributed by atoms with Crippen molar-refractivity contribution in [3.05, 3.63) is 0 Å². The monoisotopic (exact) mass is 341 g/mol. The summed E-state index contributed by atoms with van der Waals surface area (Å²) in [5, 5.41) is 0. The first-order valence-corrected chi connectivity index (χ1v) is 10.4. The molecule has 2 atom stereocenters. The Balaban J connectivity index is 2.42. The molecule has 0 spiro atoms. The Morgan fingerprint density at radius 3 is 2.10 bits per heavy atom. The van der Waals surface area contributed by atoms with Crippen LogP contribution < -0.4 is 4.72 Å². The van der Waals surface area contributed by atoms with Crippen LogP contribution in [0.5, 0.6) is 0 Å². The van der Waals surface area contributed by atoms with Gasteiger partial charge in [-0.2, -0.15) is 0 Å². The van der Waals surface area contributed by atoms with E-state index in [2.05, 4.69) is 9.62 Å². The van der Waals surface area contributed by atoms with Crippen LogP contribution in [0.1, 0.15) is 25.7 Å². The molecule has 0 bridgehead atoms. The van der Waals surface area contributed by atoms with Crippen molar-refractivity contribution in [1.29, 1.82) is 0 Å². The van der Waals surface area contributed by atoms with Crippen LogP contribution in [0.3, 0.4) is 0 Å². The Morgan fingerprint density at radius 2 is 1.62 bits per heavy atom. The van der Waals surface area contributed by atoms with Gasteiger partial charge in [-0.25, -0.2) is 25.9 Å². The Bertz CT molecular complexity index is 529. The van der Waals surface area contributed by atoms with Crippen LogP contribution in [0.4, 0.5) is 0 Å². The van der Waals surface area contributed by atoms with E-state index in [1.807, 2.05) is 14.1 Å². The second-order valence-electron chi connectivity index (χ2n) is 6.02. The van der Waals surface area contributed by atoms with E-state index in [9.17, 15) is 16.8 Å². The number of sulfonamides is 2. The largest absolute Gasteiger partial charge is 0.306 e. The molecule has 9 heteroatoms. The van der Waals surface area contributed by atoms with Gasteiger partial charge in [0.25, 0.3) is 0 Å². The lowest BCUT2D eigenvalue weighted by Crippen LogP contribution is -2.37. The minimum atomic E-state index is -3.41. The molecule has 21 heavy (non-hydrogen) atoms. The van der Waals surface area contributed by atoms with E-state index in [4.69, 9.17) is 0 Å². The Labute approximate surface area is 128 Å². The first-order valence-electron chi connectivity index (χ1n) is 7.10. The first-order chi connectivity index (χ1) is 9.53. The third-order valence-corrected chi connectivity index (χ3v) is 7.29. The number of nitrogens with zero attached hydrogens (tertiary/aromatic N) is 2. The Hall–Kier alpha value is -0.220. The first kappa shape index (κ1) is 18.8. The van der Waals surface area contributed by atoms with Gasteiger partial charge in [0, 0.05) is 26.2 Å². The average Bonchev–Trinajstić information content (AvgIpc) is 2.75. The highest BCUT2D eigenvalue weighted by molar-refractivity contribution is 7.90. The molecule has 0 aromatic heterocycles. The normalized spacial score (nSPS) is 24.1. The maximum Gasteiger partial charge on any atom is 0.213 e. The Morgan fingerprint density at radius 1 is 1.00 bits per heavy atom. The van der Waals surface area contributed by atoms with Gasteiger partial charge >= 0.3 is 0 Å². The van der Waals surface area contributed by atoms with Gasteiger partial charge in [0.2, 0.25) is 20.0 Å². The van der Waals surface area contributed by atoms with Gasteiger partial charge in [0.1, 0.15) is 0 Å². The van der Waals surface area contributed by atoms with E-state index >= 15 is 0 Å². The standard InChI is InChI=1S/C12H27N3O4S2/c1-14(2)12-7-6-11(10-12)13-20(16,17)8-5-9-21(18,19)15(3)4/h11-13H,5-10H2,1-4H3/t11-,12+/m0/s1. The molecule has 0 aromatic rings. The zero-order chi connectivity index (χ0) is 16.3. The number of hydrogen-bond donors (Lipinski definition) is 1. The van der Waals surface area contributed by atoms with Crippen molar-refractivity contribution in [1.82, 2.24) is 13.9 Å². The third kappa shape index (κ3) is 6.19. The van der Waals surface area contributed by atoms with Crippen molar-refractivity contribution >= 4 is 20.0 Å². The summed E-state index contributed by atoms with van der Waals surface area (Å²) >= 11 is 0. The molecule has 0 saturated heterocycles. The highest BCUT2D eigenvalue weighted by Crippen LogP contribution is 2.23. The van der Waals surface area contributed by atoms with Crippen LogP contribution in [-0.2, 0) is 20.0 Å². The fraction of sp³-hybridized carbons (Fsp3) is 1.00. The molecule has 1 rings (SSSR count). The summed E-state index contributed by atoms with van der Waals surface area (Å²) in [6, 6.07) is 0.375. The quantitative estimate of drug-likeness (QED) is 0.653. The minimum absolute atomic E-state index is 0.0344. The summed E-state index contributed by atoms with van der Waals surface area (Å²) in [6.07, 6.45) is 2.73. The molecule has 0 unspecified atom stereocenters. The maximum atomic E-state index is 12.0. The van der Waals surface area contributed by atoms with Crippen molar-refractivity contribution in [3.8, 4) is 0 Å². The molecular weight excluding hydrogens is 314 g/mol. The molecule has 0 amide bonds. The molecule has 7 nitrogen and oxygen atoms in total. The average molecular weight is 341 g/mol. The molecule has 1 N–H and O–H groups in total. The van der Waals surface area contributed by atoms with Gasteiger partial charge < -0.3 is 4.90 Å². The lowest BCUT2D eigenvalue weighted by Gasteiger charge is -2.19. The summed E-state index contributed by atoms with van der Waals surface area (Å²) < 4.78 is 50.9. The van der Waals surface area contributed by atoms with Crippen molar-refractivity contribution in [2.45, 2.75) is 37.8 Å². The maximum absolute atomic E-state index is 12.0. The predicted molar refractivity (Wildman–Crippen MR) is 84.1 cm³/mol. The minimum Gasteiger partial charge on any atom is -0.306 e.